The molecule has 0 aliphatic rings. The lowest BCUT2D eigenvalue weighted by atomic mass is 10.2. The maximum atomic E-state index is 13.8. The predicted molar refractivity (Wildman–Crippen MR) is 128 cm³/mol. The average Bonchev–Trinajstić information content (AvgIpc) is 3.22. The molecular formula is C24H18F2N6O2S. The first kappa shape index (κ1) is 22.5. The zero-order valence-corrected chi connectivity index (χ0v) is 19.0. The summed E-state index contributed by atoms with van der Waals surface area (Å²) in [5.74, 6) is 6.24. The van der Waals surface area contributed by atoms with Gasteiger partial charge in [0.2, 0.25) is 5.16 Å². The first-order chi connectivity index (χ1) is 17.0. The van der Waals surface area contributed by atoms with Crippen molar-refractivity contribution in [2.45, 2.75) is 17.5 Å². The summed E-state index contributed by atoms with van der Waals surface area (Å²) in [7, 11) is 0. The van der Waals surface area contributed by atoms with Crippen molar-refractivity contribution in [3.63, 3.8) is 0 Å². The number of hydrogen-bond donors (Lipinski definition) is 1. The summed E-state index contributed by atoms with van der Waals surface area (Å²) in [5.41, 5.74) is 0.754. The van der Waals surface area contributed by atoms with Crippen LogP contribution in [0.4, 0.5) is 8.78 Å². The molecule has 5 rings (SSSR count). The lowest BCUT2D eigenvalue weighted by Crippen LogP contribution is -2.23. The van der Waals surface area contributed by atoms with E-state index in [2.05, 4.69) is 15.2 Å². The van der Waals surface area contributed by atoms with Crippen molar-refractivity contribution >= 4 is 22.7 Å². The van der Waals surface area contributed by atoms with Crippen LogP contribution in [0.15, 0.2) is 82.7 Å². The van der Waals surface area contributed by atoms with E-state index >= 15 is 0 Å². The van der Waals surface area contributed by atoms with Crippen molar-refractivity contribution in [3.8, 4) is 11.4 Å². The molecule has 3 aromatic carbocycles. The molecule has 5 aromatic rings. The Morgan fingerprint density at radius 3 is 2.46 bits per heavy atom. The summed E-state index contributed by atoms with van der Waals surface area (Å²) >= 11 is 1.21. The van der Waals surface area contributed by atoms with E-state index in [0.29, 0.717) is 27.6 Å². The molecule has 0 fully saturated rings. The van der Waals surface area contributed by atoms with Gasteiger partial charge < -0.3 is 10.6 Å². The number of fused-ring (bicyclic) bond motifs is 1. The van der Waals surface area contributed by atoms with Gasteiger partial charge in [-0.3, -0.25) is 9.36 Å². The van der Waals surface area contributed by atoms with Gasteiger partial charge in [-0.25, -0.2) is 18.4 Å². The minimum atomic E-state index is -0.494. The van der Waals surface area contributed by atoms with Gasteiger partial charge in [-0.05, 0) is 48.5 Å². The molecule has 2 aromatic heterocycles. The fraction of sp³-hybridized carbons (Fsp3) is 0.0833. The molecule has 176 valence electrons. The third-order valence-corrected chi connectivity index (χ3v) is 6.13. The van der Waals surface area contributed by atoms with Crippen LogP contribution in [0.3, 0.4) is 0 Å². The summed E-state index contributed by atoms with van der Waals surface area (Å²) in [4.78, 5) is 17.9. The maximum absolute atomic E-state index is 13.8. The van der Waals surface area contributed by atoms with Gasteiger partial charge in [0, 0.05) is 0 Å². The quantitative estimate of drug-likeness (QED) is 0.272. The monoisotopic (exact) mass is 492 g/mol. The lowest BCUT2D eigenvalue weighted by molar-refractivity contribution is 0.277. The number of ether oxygens (including phenoxy) is 1. The number of benzene rings is 3. The Bertz CT molecular complexity index is 1570. The standard InChI is InChI=1S/C24H18F2N6O2S/c25-15-9-11-16(12-10-15)31-22(28-19-7-3-1-5-17(19)23(31)33)14-35-24-30-29-21(32(24)27)13-34-20-8-4-2-6-18(20)26/h1-12H,13-14,27H2. The average molecular weight is 493 g/mol. The Hall–Kier alpha value is -4.25. The van der Waals surface area contributed by atoms with Crippen LogP contribution in [0, 0.1) is 11.6 Å². The number of nitrogens with two attached hydrogens (primary N) is 1. The number of thioether (sulfide) groups is 1. The van der Waals surface area contributed by atoms with Gasteiger partial charge in [-0.1, -0.05) is 36.0 Å². The molecule has 0 unspecified atom stereocenters. The van der Waals surface area contributed by atoms with Gasteiger partial charge in [-0.2, -0.15) is 0 Å². The number of halogens is 2. The van der Waals surface area contributed by atoms with E-state index in [1.807, 2.05) is 0 Å². The SMILES string of the molecule is Nn1c(COc2ccccc2F)nnc1SCc1nc2ccccc2c(=O)n1-c1ccc(F)cc1. The van der Waals surface area contributed by atoms with E-state index in [-0.39, 0.29) is 29.5 Å². The van der Waals surface area contributed by atoms with Crippen LogP contribution in [-0.4, -0.2) is 24.4 Å². The van der Waals surface area contributed by atoms with Crippen molar-refractivity contribution in [1.29, 1.82) is 0 Å². The first-order valence-corrected chi connectivity index (χ1v) is 11.5. The van der Waals surface area contributed by atoms with Crippen molar-refractivity contribution in [3.05, 3.63) is 106 Å². The first-order valence-electron chi connectivity index (χ1n) is 10.5. The highest BCUT2D eigenvalue weighted by molar-refractivity contribution is 7.98. The molecule has 0 radical (unpaired) electrons. The second-order valence-corrected chi connectivity index (χ2v) is 8.38. The highest BCUT2D eigenvalue weighted by Crippen LogP contribution is 2.23. The van der Waals surface area contributed by atoms with E-state index in [4.69, 9.17) is 10.6 Å². The van der Waals surface area contributed by atoms with Gasteiger partial charge >= 0.3 is 0 Å². The van der Waals surface area contributed by atoms with E-state index in [1.165, 1.54) is 57.4 Å². The molecule has 0 saturated heterocycles. The number of hydrogen-bond acceptors (Lipinski definition) is 7. The van der Waals surface area contributed by atoms with E-state index in [1.54, 1.807) is 36.4 Å². The summed E-state index contributed by atoms with van der Waals surface area (Å²) < 4.78 is 35.4. The van der Waals surface area contributed by atoms with Crippen molar-refractivity contribution in [1.82, 2.24) is 24.4 Å². The Balaban J connectivity index is 1.42. The van der Waals surface area contributed by atoms with Crippen LogP contribution in [0.5, 0.6) is 5.75 Å². The molecule has 2 heterocycles. The largest absolute Gasteiger partial charge is 0.482 e. The minimum Gasteiger partial charge on any atom is -0.482 e. The highest BCUT2D eigenvalue weighted by Gasteiger charge is 2.17. The van der Waals surface area contributed by atoms with Crippen molar-refractivity contribution in [2.24, 2.45) is 0 Å². The van der Waals surface area contributed by atoms with E-state index in [9.17, 15) is 13.6 Å². The van der Waals surface area contributed by atoms with Gasteiger partial charge in [-0.15, -0.1) is 10.2 Å². The van der Waals surface area contributed by atoms with Crippen LogP contribution in [0.2, 0.25) is 0 Å². The Labute approximate surface area is 202 Å². The molecule has 0 amide bonds. The topological polar surface area (TPSA) is 101 Å². The fourth-order valence-electron chi connectivity index (χ4n) is 3.47. The third kappa shape index (κ3) is 4.58. The summed E-state index contributed by atoms with van der Waals surface area (Å²) in [6.07, 6.45) is 0. The zero-order chi connectivity index (χ0) is 24.4. The molecule has 0 bridgehead atoms. The Kier molecular flexibility index (Phi) is 6.15. The highest BCUT2D eigenvalue weighted by atomic mass is 32.2. The Morgan fingerprint density at radius 1 is 0.914 bits per heavy atom. The molecule has 8 nitrogen and oxygen atoms in total. The maximum Gasteiger partial charge on any atom is 0.265 e. The molecule has 0 atom stereocenters. The number of para-hydroxylation sites is 2. The Morgan fingerprint density at radius 2 is 1.66 bits per heavy atom. The van der Waals surface area contributed by atoms with Crippen LogP contribution in [0.1, 0.15) is 11.6 Å². The smallest absolute Gasteiger partial charge is 0.265 e. The van der Waals surface area contributed by atoms with Crippen molar-refractivity contribution < 1.29 is 13.5 Å². The number of nitrogen functional groups attached to an aromatic ring is 1. The summed E-state index contributed by atoms with van der Waals surface area (Å²) in [5, 5.41) is 8.89. The number of rotatable bonds is 7. The van der Waals surface area contributed by atoms with Crippen LogP contribution >= 0.6 is 11.8 Å². The molecule has 2 N–H and O–H groups in total. The molecular weight excluding hydrogens is 474 g/mol. The lowest BCUT2D eigenvalue weighted by Gasteiger charge is -2.13. The molecule has 0 aliphatic carbocycles. The normalized spacial score (nSPS) is 11.1. The van der Waals surface area contributed by atoms with Gasteiger partial charge in [0.25, 0.3) is 5.56 Å². The summed E-state index contributed by atoms with van der Waals surface area (Å²) in [6, 6.07) is 18.6. The van der Waals surface area contributed by atoms with Crippen molar-refractivity contribution in [2.75, 3.05) is 5.84 Å². The second-order valence-electron chi connectivity index (χ2n) is 7.44. The molecule has 11 heteroatoms. The molecule has 0 saturated carbocycles. The van der Waals surface area contributed by atoms with Gasteiger partial charge in [0.15, 0.2) is 17.4 Å². The van der Waals surface area contributed by atoms with Crippen LogP contribution in [-0.2, 0) is 12.4 Å². The minimum absolute atomic E-state index is 0.0772. The predicted octanol–water partition coefficient (Wildman–Crippen LogP) is 3.84. The van der Waals surface area contributed by atoms with E-state index < -0.39 is 11.6 Å². The van der Waals surface area contributed by atoms with E-state index in [0.717, 1.165) is 0 Å². The molecule has 0 aliphatic heterocycles. The van der Waals surface area contributed by atoms with Crippen LogP contribution in [0.25, 0.3) is 16.6 Å². The van der Waals surface area contributed by atoms with Gasteiger partial charge in [0.05, 0.1) is 22.3 Å². The second kappa shape index (κ2) is 9.55. The number of nitrogens with zero attached hydrogens (tertiary/aromatic N) is 5. The zero-order valence-electron chi connectivity index (χ0n) is 18.1. The summed E-state index contributed by atoms with van der Waals surface area (Å²) in [6.45, 7) is -0.0838. The van der Waals surface area contributed by atoms with Crippen LogP contribution < -0.4 is 16.1 Å². The fourth-order valence-corrected chi connectivity index (χ4v) is 4.26. The van der Waals surface area contributed by atoms with Gasteiger partial charge in [0.1, 0.15) is 18.2 Å². The molecule has 35 heavy (non-hydrogen) atoms. The third-order valence-electron chi connectivity index (χ3n) is 5.19. The number of aromatic nitrogens is 5. The molecule has 0 spiro atoms.